The zero-order chi connectivity index (χ0) is 18.9. The average Bonchev–Trinajstić information content (AvgIpc) is 2.86. The number of aromatic nitrogens is 2. The Morgan fingerprint density at radius 3 is 2.58 bits per heavy atom. The molecule has 26 heavy (non-hydrogen) atoms. The quantitative estimate of drug-likeness (QED) is 0.311. The molecule has 0 amide bonds. The fourth-order valence-electron chi connectivity index (χ4n) is 2.67. The molecular weight excluding hydrogens is 366 g/mol. The normalized spacial score (nSPS) is 11.7. The molecule has 7 heteroatoms. The molecule has 0 fully saturated rings. The topological polar surface area (TPSA) is 54.2 Å². The predicted molar refractivity (Wildman–Crippen MR) is 113 cm³/mol. The summed E-state index contributed by atoms with van der Waals surface area (Å²) in [4.78, 5) is 5.91. The first-order valence-electron chi connectivity index (χ1n) is 8.91. The van der Waals surface area contributed by atoms with Crippen LogP contribution in [-0.4, -0.2) is 41.1 Å². The fourth-order valence-corrected chi connectivity index (χ4v) is 3.56. The van der Waals surface area contributed by atoms with E-state index >= 15 is 0 Å². The van der Waals surface area contributed by atoms with Gasteiger partial charge in [-0.15, -0.1) is 11.8 Å². The van der Waals surface area contributed by atoms with E-state index in [1.807, 2.05) is 36.0 Å². The molecule has 2 N–H and O–H groups in total. The fraction of sp³-hybridized carbons (Fsp3) is 0.474. The summed E-state index contributed by atoms with van der Waals surface area (Å²) in [6, 6.07) is 7.94. The molecule has 142 valence electrons. The van der Waals surface area contributed by atoms with Gasteiger partial charge in [0.25, 0.3) is 0 Å². The van der Waals surface area contributed by atoms with E-state index in [-0.39, 0.29) is 0 Å². The van der Waals surface area contributed by atoms with Crippen molar-refractivity contribution in [3.05, 3.63) is 46.2 Å². The lowest BCUT2D eigenvalue weighted by Gasteiger charge is -2.11. The highest BCUT2D eigenvalue weighted by Gasteiger charge is 2.08. The zero-order valence-electron chi connectivity index (χ0n) is 16.0. The summed E-state index contributed by atoms with van der Waals surface area (Å²) in [6.07, 6.45) is 0.904. The highest BCUT2D eigenvalue weighted by molar-refractivity contribution is 7.99. The number of hydrogen-bond donors (Lipinski definition) is 2. The van der Waals surface area contributed by atoms with E-state index in [0.29, 0.717) is 0 Å². The molecule has 0 saturated heterocycles. The second-order valence-corrected chi connectivity index (χ2v) is 7.62. The van der Waals surface area contributed by atoms with Crippen LogP contribution in [0.1, 0.15) is 23.9 Å². The molecule has 5 nitrogen and oxygen atoms in total. The van der Waals surface area contributed by atoms with Crippen molar-refractivity contribution in [2.45, 2.75) is 32.1 Å². The molecule has 0 saturated carbocycles. The van der Waals surface area contributed by atoms with E-state index in [9.17, 15) is 0 Å². The van der Waals surface area contributed by atoms with Crippen LogP contribution < -0.4 is 10.6 Å². The van der Waals surface area contributed by atoms with Gasteiger partial charge in [-0.2, -0.15) is 5.10 Å². The van der Waals surface area contributed by atoms with E-state index in [1.54, 1.807) is 11.8 Å². The summed E-state index contributed by atoms with van der Waals surface area (Å²) in [6.45, 7) is 8.69. The van der Waals surface area contributed by atoms with Crippen molar-refractivity contribution in [1.29, 1.82) is 0 Å². The Hall–Kier alpha value is -1.66. The maximum Gasteiger partial charge on any atom is 0.191 e. The van der Waals surface area contributed by atoms with Gasteiger partial charge in [0, 0.05) is 48.0 Å². The van der Waals surface area contributed by atoms with Crippen LogP contribution in [0, 0.1) is 13.8 Å². The van der Waals surface area contributed by atoms with E-state index in [2.05, 4.69) is 41.5 Å². The maximum absolute atomic E-state index is 5.91. The first-order valence-corrected chi connectivity index (χ1v) is 10.3. The van der Waals surface area contributed by atoms with Crippen molar-refractivity contribution in [3.63, 3.8) is 0 Å². The summed E-state index contributed by atoms with van der Waals surface area (Å²) in [5, 5.41) is 11.9. The number of hydrogen-bond acceptors (Lipinski definition) is 3. The van der Waals surface area contributed by atoms with Gasteiger partial charge in [0.2, 0.25) is 0 Å². The van der Waals surface area contributed by atoms with Crippen LogP contribution >= 0.6 is 23.4 Å². The standard InChI is InChI=1S/C19H28ClN5S/c1-5-21-19(22-11-10-18-14(2)24-25(4)15(18)3)23-12-13-26-17-8-6-16(20)7-9-17/h6-9H,5,10-13H2,1-4H3,(H2,21,22,23). The number of halogens is 1. The third-order valence-corrected chi connectivity index (χ3v) is 5.38. The molecule has 2 rings (SSSR count). The summed E-state index contributed by atoms with van der Waals surface area (Å²) < 4.78 is 1.94. The van der Waals surface area contributed by atoms with Gasteiger partial charge in [-0.3, -0.25) is 9.67 Å². The van der Waals surface area contributed by atoms with Crippen molar-refractivity contribution >= 4 is 29.3 Å². The van der Waals surface area contributed by atoms with Gasteiger partial charge in [-0.05, 0) is 57.0 Å². The van der Waals surface area contributed by atoms with E-state index in [4.69, 9.17) is 11.6 Å². The maximum atomic E-state index is 5.91. The summed E-state index contributed by atoms with van der Waals surface area (Å²) in [7, 11) is 1.99. The Labute approximate surface area is 165 Å². The third-order valence-electron chi connectivity index (χ3n) is 4.11. The van der Waals surface area contributed by atoms with Crippen molar-refractivity contribution in [2.75, 3.05) is 25.4 Å². The lowest BCUT2D eigenvalue weighted by atomic mass is 10.1. The number of aryl methyl sites for hydroxylation is 2. The van der Waals surface area contributed by atoms with Crippen LogP contribution in [0.3, 0.4) is 0 Å². The van der Waals surface area contributed by atoms with Crippen LogP contribution in [0.2, 0.25) is 5.02 Å². The first-order chi connectivity index (χ1) is 12.5. The number of nitrogens with zero attached hydrogens (tertiary/aromatic N) is 3. The third kappa shape index (κ3) is 6.25. The van der Waals surface area contributed by atoms with Crippen molar-refractivity contribution in [3.8, 4) is 0 Å². The van der Waals surface area contributed by atoms with Gasteiger partial charge in [0.05, 0.1) is 5.69 Å². The minimum Gasteiger partial charge on any atom is -0.357 e. The molecule has 0 aliphatic rings. The van der Waals surface area contributed by atoms with Crippen LogP contribution in [0.4, 0.5) is 0 Å². The Bertz CT molecular complexity index is 724. The number of thioether (sulfide) groups is 1. The molecule has 0 unspecified atom stereocenters. The van der Waals surface area contributed by atoms with Gasteiger partial charge in [-0.25, -0.2) is 0 Å². The summed E-state index contributed by atoms with van der Waals surface area (Å²) in [5.41, 5.74) is 3.61. The molecule has 0 aliphatic carbocycles. The van der Waals surface area contributed by atoms with E-state index in [0.717, 1.165) is 48.5 Å². The number of aliphatic imine (C=N–C) groups is 1. The van der Waals surface area contributed by atoms with Gasteiger partial charge < -0.3 is 10.6 Å². The lowest BCUT2D eigenvalue weighted by molar-refractivity contribution is 0.729. The van der Waals surface area contributed by atoms with Gasteiger partial charge in [0.1, 0.15) is 0 Å². The van der Waals surface area contributed by atoms with Crippen molar-refractivity contribution < 1.29 is 0 Å². The highest BCUT2D eigenvalue weighted by atomic mass is 35.5. The number of nitrogens with one attached hydrogen (secondary N) is 2. The number of rotatable bonds is 8. The molecule has 0 radical (unpaired) electrons. The van der Waals surface area contributed by atoms with E-state index in [1.165, 1.54) is 16.2 Å². The SMILES string of the molecule is CCNC(=NCCc1c(C)nn(C)c1C)NCCSc1ccc(Cl)cc1. The molecule has 1 aromatic heterocycles. The monoisotopic (exact) mass is 393 g/mol. The molecular formula is C19H28ClN5S. The summed E-state index contributed by atoms with van der Waals surface area (Å²) in [5.74, 6) is 1.83. The summed E-state index contributed by atoms with van der Waals surface area (Å²) >= 11 is 7.71. The molecule has 0 aliphatic heterocycles. The van der Waals surface area contributed by atoms with Crippen LogP contribution in [0.15, 0.2) is 34.2 Å². The first kappa shape index (κ1) is 20.6. The molecule has 2 aromatic rings. The van der Waals surface area contributed by atoms with Gasteiger partial charge in [0.15, 0.2) is 5.96 Å². The Balaban J connectivity index is 1.79. The predicted octanol–water partition coefficient (Wildman–Crippen LogP) is 3.58. The second kappa shape index (κ2) is 10.5. The van der Waals surface area contributed by atoms with Crippen LogP contribution in [-0.2, 0) is 13.5 Å². The minimum atomic E-state index is 0.743. The zero-order valence-corrected chi connectivity index (χ0v) is 17.5. The largest absolute Gasteiger partial charge is 0.357 e. The number of guanidine groups is 1. The van der Waals surface area contributed by atoms with Crippen molar-refractivity contribution in [1.82, 2.24) is 20.4 Å². The smallest absolute Gasteiger partial charge is 0.191 e. The Morgan fingerprint density at radius 2 is 1.96 bits per heavy atom. The molecule has 1 aromatic carbocycles. The van der Waals surface area contributed by atoms with Gasteiger partial charge in [-0.1, -0.05) is 11.6 Å². The lowest BCUT2D eigenvalue weighted by Crippen LogP contribution is -2.38. The van der Waals surface area contributed by atoms with Crippen LogP contribution in [0.5, 0.6) is 0 Å². The molecule has 0 spiro atoms. The van der Waals surface area contributed by atoms with Gasteiger partial charge >= 0.3 is 0 Å². The Kier molecular flexibility index (Phi) is 8.32. The minimum absolute atomic E-state index is 0.743. The van der Waals surface area contributed by atoms with E-state index < -0.39 is 0 Å². The second-order valence-electron chi connectivity index (χ2n) is 6.01. The highest BCUT2D eigenvalue weighted by Crippen LogP contribution is 2.19. The van der Waals surface area contributed by atoms with Crippen molar-refractivity contribution in [2.24, 2.45) is 12.0 Å². The number of benzene rings is 1. The average molecular weight is 394 g/mol. The molecule has 0 atom stereocenters. The molecule has 0 bridgehead atoms. The van der Waals surface area contributed by atoms with Crippen LogP contribution in [0.25, 0.3) is 0 Å². The molecule has 1 heterocycles. The Morgan fingerprint density at radius 1 is 1.23 bits per heavy atom.